The van der Waals surface area contributed by atoms with Crippen LogP contribution in [0.1, 0.15) is 5.56 Å². The number of rotatable bonds is 2. The summed E-state index contributed by atoms with van der Waals surface area (Å²) in [7, 11) is 0. The number of anilines is 1. The lowest BCUT2D eigenvalue weighted by molar-refractivity contribution is -0.183. The van der Waals surface area contributed by atoms with Crippen molar-refractivity contribution in [3.63, 3.8) is 0 Å². The highest BCUT2D eigenvalue weighted by molar-refractivity contribution is 5.95. The number of halogens is 4. The third-order valence-electron chi connectivity index (χ3n) is 1.92. The highest BCUT2D eigenvalue weighted by atomic mass is 19.4. The van der Waals surface area contributed by atoms with Gasteiger partial charge in [-0.05, 0) is 18.6 Å². The van der Waals surface area contributed by atoms with Gasteiger partial charge < -0.3 is 5.32 Å². The molecule has 0 spiro atoms. The van der Waals surface area contributed by atoms with Gasteiger partial charge in [0.1, 0.15) is 0 Å². The first-order chi connectivity index (χ1) is 7.32. The van der Waals surface area contributed by atoms with Crippen LogP contribution >= 0.6 is 0 Å². The summed E-state index contributed by atoms with van der Waals surface area (Å²) >= 11 is 0. The standard InChI is InChI=1S/C10H9F4NO/c1-6-4-2-3-5-7(6)15-9(16)8(11)10(12,13)14/h2-5,8H,1H3,(H,15,16). The number of benzene rings is 1. The molecule has 0 aliphatic rings. The van der Waals surface area contributed by atoms with E-state index in [9.17, 15) is 22.4 Å². The number of para-hydroxylation sites is 1. The van der Waals surface area contributed by atoms with Gasteiger partial charge in [0.25, 0.3) is 12.1 Å². The molecular formula is C10H9F4NO. The Balaban J connectivity index is 2.76. The molecule has 0 aliphatic carbocycles. The van der Waals surface area contributed by atoms with Crippen LogP contribution < -0.4 is 5.32 Å². The molecule has 1 atom stereocenters. The topological polar surface area (TPSA) is 29.1 Å². The Labute approximate surface area is 89.3 Å². The number of nitrogens with one attached hydrogen (secondary N) is 1. The Morgan fingerprint density at radius 1 is 1.31 bits per heavy atom. The fourth-order valence-electron chi connectivity index (χ4n) is 1.06. The minimum atomic E-state index is -5.17. The first-order valence-corrected chi connectivity index (χ1v) is 4.39. The van der Waals surface area contributed by atoms with Crippen LogP contribution in [0.5, 0.6) is 0 Å². The summed E-state index contributed by atoms with van der Waals surface area (Å²) in [5, 5.41) is 1.88. The van der Waals surface area contributed by atoms with Gasteiger partial charge in [-0.3, -0.25) is 4.79 Å². The van der Waals surface area contributed by atoms with Crippen LogP contribution in [-0.2, 0) is 4.79 Å². The zero-order chi connectivity index (χ0) is 12.3. The van der Waals surface area contributed by atoms with Crippen LogP contribution in [-0.4, -0.2) is 18.3 Å². The van der Waals surface area contributed by atoms with E-state index in [0.29, 0.717) is 5.56 Å². The van der Waals surface area contributed by atoms with Crippen molar-refractivity contribution >= 4 is 11.6 Å². The molecule has 1 unspecified atom stereocenters. The van der Waals surface area contributed by atoms with Gasteiger partial charge in [-0.25, -0.2) is 4.39 Å². The Morgan fingerprint density at radius 3 is 2.38 bits per heavy atom. The second-order valence-electron chi connectivity index (χ2n) is 3.21. The van der Waals surface area contributed by atoms with Crippen LogP contribution in [0.25, 0.3) is 0 Å². The van der Waals surface area contributed by atoms with E-state index in [1.807, 2.05) is 5.32 Å². The van der Waals surface area contributed by atoms with Crippen molar-refractivity contribution in [1.29, 1.82) is 0 Å². The molecule has 1 aromatic carbocycles. The number of alkyl halides is 4. The number of hydrogen-bond acceptors (Lipinski definition) is 1. The van der Waals surface area contributed by atoms with Crippen molar-refractivity contribution in [2.24, 2.45) is 0 Å². The number of carbonyl (C=O) groups excluding carboxylic acids is 1. The molecule has 0 saturated carbocycles. The lowest BCUT2D eigenvalue weighted by Crippen LogP contribution is -2.36. The SMILES string of the molecule is Cc1ccccc1NC(=O)C(F)C(F)(F)F. The number of carbonyl (C=O) groups is 1. The molecule has 1 rings (SSSR count). The molecule has 1 aromatic rings. The molecule has 0 bridgehead atoms. The Bertz CT molecular complexity index is 389. The maximum Gasteiger partial charge on any atom is 0.428 e. The van der Waals surface area contributed by atoms with Crippen molar-refractivity contribution in [2.45, 2.75) is 19.3 Å². The fraction of sp³-hybridized carbons (Fsp3) is 0.300. The van der Waals surface area contributed by atoms with E-state index < -0.39 is 18.3 Å². The summed E-state index contributed by atoms with van der Waals surface area (Å²) in [6, 6.07) is 6.18. The lowest BCUT2D eigenvalue weighted by Gasteiger charge is -2.13. The van der Waals surface area contributed by atoms with Gasteiger partial charge in [-0.2, -0.15) is 13.2 Å². The maximum absolute atomic E-state index is 12.6. The smallest absolute Gasteiger partial charge is 0.323 e. The van der Waals surface area contributed by atoms with E-state index >= 15 is 0 Å². The predicted molar refractivity (Wildman–Crippen MR) is 50.8 cm³/mol. The van der Waals surface area contributed by atoms with Gasteiger partial charge in [-0.15, -0.1) is 0 Å². The van der Waals surface area contributed by atoms with Crippen LogP contribution in [0, 0.1) is 6.92 Å². The molecular weight excluding hydrogens is 226 g/mol. The zero-order valence-corrected chi connectivity index (χ0v) is 8.31. The van der Waals surface area contributed by atoms with Crippen LogP contribution in [0.2, 0.25) is 0 Å². The summed E-state index contributed by atoms with van der Waals surface area (Å²) < 4.78 is 48.2. The quantitative estimate of drug-likeness (QED) is 0.784. The third-order valence-corrected chi connectivity index (χ3v) is 1.92. The van der Waals surface area contributed by atoms with Crippen LogP contribution in [0.3, 0.4) is 0 Å². The fourth-order valence-corrected chi connectivity index (χ4v) is 1.06. The van der Waals surface area contributed by atoms with Gasteiger partial charge in [0.15, 0.2) is 0 Å². The van der Waals surface area contributed by atoms with Crippen molar-refractivity contribution in [1.82, 2.24) is 0 Å². The highest BCUT2D eigenvalue weighted by Gasteiger charge is 2.45. The summed E-state index contributed by atoms with van der Waals surface area (Å²) in [5.41, 5.74) is 0.727. The lowest BCUT2D eigenvalue weighted by atomic mass is 10.2. The van der Waals surface area contributed by atoms with E-state index in [1.165, 1.54) is 12.1 Å². The number of aryl methyl sites for hydroxylation is 1. The largest absolute Gasteiger partial charge is 0.428 e. The second-order valence-corrected chi connectivity index (χ2v) is 3.21. The Hall–Kier alpha value is -1.59. The zero-order valence-electron chi connectivity index (χ0n) is 8.31. The minimum Gasteiger partial charge on any atom is -0.323 e. The first-order valence-electron chi connectivity index (χ1n) is 4.39. The van der Waals surface area contributed by atoms with Crippen molar-refractivity contribution < 1.29 is 22.4 Å². The molecule has 1 N–H and O–H groups in total. The summed E-state index contributed by atoms with van der Waals surface area (Å²) in [4.78, 5) is 10.9. The normalized spacial score (nSPS) is 13.3. The molecule has 0 aliphatic heterocycles. The highest BCUT2D eigenvalue weighted by Crippen LogP contribution is 2.24. The summed E-state index contributed by atoms with van der Waals surface area (Å²) in [6.07, 6.45) is -8.68. The second kappa shape index (κ2) is 4.51. The molecule has 1 amide bonds. The van der Waals surface area contributed by atoms with Crippen molar-refractivity contribution in [3.8, 4) is 0 Å². The van der Waals surface area contributed by atoms with E-state index in [1.54, 1.807) is 19.1 Å². The monoisotopic (exact) mass is 235 g/mol. The summed E-state index contributed by atoms with van der Waals surface area (Å²) in [5.74, 6) is -1.71. The maximum atomic E-state index is 12.6. The average Bonchev–Trinajstić information content (AvgIpc) is 2.19. The van der Waals surface area contributed by atoms with Crippen LogP contribution in [0.15, 0.2) is 24.3 Å². The average molecular weight is 235 g/mol. The van der Waals surface area contributed by atoms with Crippen molar-refractivity contribution in [3.05, 3.63) is 29.8 Å². The van der Waals surface area contributed by atoms with E-state index in [0.717, 1.165) is 0 Å². The number of amides is 1. The van der Waals surface area contributed by atoms with E-state index in [4.69, 9.17) is 0 Å². The van der Waals surface area contributed by atoms with Gasteiger partial charge in [-0.1, -0.05) is 18.2 Å². The minimum absolute atomic E-state index is 0.166. The van der Waals surface area contributed by atoms with E-state index in [2.05, 4.69) is 0 Å². The van der Waals surface area contributed by atoms with Crippen molar-refractivity contribution in [2.75, 3.05) is 5.32 Å². The summed E-state index contributed by atoms with van der Waals surface area (Å²) in [6.45, 7) is 1.59. The van der Waals surface area contributed by atoms with Crippen LogP contribution in [0.4, 0.5) is 23.2 Å². The molecule has 0 saturated heterocycles. The van der Waals surface area contributed by atoms with E-state index in [-0.39, 0.29) is 5.69 Å². The predicted octanol–water partition coefficient (Wildman–Crippen LogP) is 2.83. The molecule has 6 heteroatoms. The molecule has 0 aromatic heterocycles. The Morgan fingerprint density at radius 2 is 1.88 bits per heavy atom. The van der Waals surface area contributed by atoms with Gasteiger partial charge in [0.05, 0.1) is 0 Å². The molecule has 0 heterocycles. The number of hydrogen-bond donors (Lipinski definition) is 1. The van der Waals surface area contributed by atoms with Gasteiger partial charge in [0.2, 0.25) is 0 Å². The third kappa shape index (κ3) is 2.95. The van der Waals surface area contributed by atoms with Gasteiger partial charge >= 0.3 is 6.18 Å². The first kappa shape index (κ1) is 12.5. The molecule has 16 heavy (non-hydrogen) atoms. The molecule has 88 valence electrons. The molecule has 2 nitrogen and oxygen atoms in total. The molecule has 0 radical (unpaired) electrons. The molecule has 0 fully saturated rings. The Kier molecular flexibility index (Phi) is 3.51. The van der Waals surface area contributed by atoms with Gasteiger partial charge in [0, 0.05) is 5.69 Å².